The van der Waals surface area contributed by atoms with Crippen LogP contribution in [-0.4, -0.2) is 12.6 Å². The van der Waals surface area contributed by atoms with E-state index in [1.807, 2.05) is 13.8 Å². The molecule has 1 unspecified atom stereocenters. The highest BCUT2D eigenvalue weighted by molar-refractivity contribution is 5.90. The Balaban J connectivity index is 2.31. The zero-order chi connectivity index (χ0) is 15.2. The largest absolute Gasteiger partial charge is 0.463 e. The molecule has 0 aromatic rings. The highest BCUT2D eigenvalue weighted by Gasteiger charge is 2.36. The summed E-state index contributed by atoms with van der Waals surface area (Å²) in [6.07, 6.45) is 8.78. The predicted molar refractivity (Wildman–Crippen MR) is 80.8 cm³/mol. The normalized spacial score (nSPS) is 23.7. The van der Waals surface area contributed by atoms with Gasteiger partial charge >= 0.3 is 5.97 Å². The monoisotopic (exact) mass is 288 g/mol. The molecule has 1 saturated carbocycles. The highest BCUT2D eigenvalue weighted by Crippen LogP contribution is 2.39. The van der Waals surface area contributed by atoms with E-state index in [1.165, 1.54) is 25.7 Å². The molecule has 21 heavy (non-hydrogen) atoms. The Morgan fingerprint density at radius 3 is 2.62 bits per heavy atom. The molecule has 1 aliphatic heterocycles. The summed E-state index contributed by atoms with van der Waals surface area (Å²) in [4.78, 5) is 12.2. The molecule has 0 aromatic heterocycles. The van der Waals surface area contributed by atoms with Gasteiger partial charge in [0, 0.05) is 17.8 Å². The average molecular weight is 288 g/mol. The number of hydrogen-bond donors (Lipinski definition) is 1. The minimum Gasteiger partial charge on any atom is -0.463 e. The Morgan fingerprint density at radius 2 is 2.05 bits per heavy atom. The Morgan fingerprint density at radius 1 is 1.38 bits per heavy atom. The minimum atomic E-state index is -0.292. The van der Waals surface area contributed by atoms with Gasteiger partial charge in [0.2, 0.25) is 0 Å². The molecule has 0 radical (unpaired) electrons. The van der Waals surface area contributed by atoms with Crippen molar-refractivity contribution in [1.82, 2.24) is 5.32 Å². The van der Waals surface area contributed by atoms with Crippen LogP contribution >= 0.6 is 0 Å². The summed E-state index contributed by atoms with van der Waals surface area (Å²) in [6, 6.07) is 2.32. The average Bonchev–Trinajstić information content (AvgIpc) is 2.75. The quantitative estimate of drug-likeness (QED) is 0.638. The number of rotatable bonds is 3. The van der Waals surface area contributed by atoms with Crippen LogP contribution in [0.4, 0.5) is 0 Å². The molecule has 2 rings (SSSR count). The molecule has 1 aliphatic carbocycles. The van der Waals surface area contributed by atoms with Gasteiger partial charge in [0.05, 0.1) is 23.8 Å². The molecule has 114 valence electrons. The zero-order valence-corrected chi connectivity index (χ0v) is 12.9. The Kier molecular flexibility index (Phi) is 5.44. The van der Waals surface area contributed by atoms with Crippen LogP contribution in [0, 0.1) is 23.2 Å². The highest BCUT2D eigenvalue weighted by atomic mass is 16.5. The van der Waals surface area contributed by atoms with Crippen LogP contribution in [0.15, 0.2) is 23.0 Å². The van der Waals surface area contributed by atoms with Crippen molar-refractivity contribution < 1.29 is 9.53 Å². The number of carbonyl (C=O) groups excluding carboxylic acids is 1. The van der Waals surface area contributed by atoms with E-state index < -0.39 is 0 Å². The van der Waals surface area contributed by atoms with Crippen LogP contribution in [0.1, 0.15) is 52.4 Å². The number of nitrogens with zero attached hydrogens (tertiary/aromatic N) is 1. The van der Waals surface area contributed by atoms with Crippen LogP contribution < -0.4 is 5.32 Å². The summed E-state index contributed by atoms with van der Waals surface area (Å²) in [5, 5.41) is 12.6. The molecule has 4 heteroatoms. The first-order valence-electron chi connectivity index (χ1n) is 7.93. The third kappa shape index (κ3) is 3.47. The van der Waals surface area contributed by atoms with E-state index in [-0.39, 0.29) is 11.9 Å². The van der Waals surface area contributed by atoms with Gasteiger partial charge < -0.3 is 10.1 Å². The van der Waals surface area contributed by atoms with Crippen LogP contribution in [0.3, 0.4) is 0 Å². The molecule has 4 nitrogen and oxygen atoms in total. The first kappa shape index (κ1) is 15.6. The number of nitriles is 1. The lowest BCUT2D eigenvalue weighted by atomic mass is 9.75. The van der Waals surface area contributed by atoms with Gasteiger partial charge in [-0.15, -0.1) is 0 Å². The Hall–Kier alpha value is -1.76. The van der Waals surface area contributed by atoms with E-state index in [1.54, 1.807) is 6.20 Å². The molecular formula is C17H24N2O2. The number of carbonyl (C=O) groups is 1. The summed E-state index contributed by atoms with van der Waals surface area (Å²) in [7, 11) is 0. The molecule has 1 heterocycles. The number of ether oxygens (including phenoxy) is 1. The van der Waals surface area contributed by atoms with Gasteiger partial charge in [-0.05, 0) is 32.6 Å². The second kappa shape index (κ2) is 7.31. The third-order valence-corrected chi connectivity index (χ3v) is 4.50. The maximum atomic E-state index is 12.2. The summed E-state index contributed by atoms with van der Waals surface area (Å²) < 4.78 is 5.18. The van der Waals surface area contributed by atoms with Gasteiger partial charge in [-0.25, -0.2) is 4.79 Å². The molecule has 1 atom stereocenters. The van der Waals surface area contributed by atoms with Crippen LogP contribution in [0.25, 0.3) is 0 Å². The molecular weight excluding hydrogens is 264 g/mol. The second-order valence-electron chi connectivity index (χ2n) is 5.84. The van der Waals surface area contributed by atoms with Crippen molar-refractivity contribution in [1.29, 1.82) is 5.26 Å². The van der Waals surface area contributed by atoms with Crippen molar-refractivity contribution in [2.45, 2.75) is 52.4 Å². The molecule has 0 saturated heterocycles. The number of esters is 1. The molecule has 0 spiro atoms. The number of hydrogen-bond acceptors (Lipinski definition) is 4. The standard InChI is InChI=1S/C17H24N2O2/c1-3-21-17(20)15-11-19-12(2)14(10-18)16(15)13-8-6-4-5-7-9-13/h11,13,16,19H,3-9H2,1-2H3. The van der Waals surface area contributed by atoms with E-state index in [0.717, 1.165) is 18.5 Å². The van der Waals surface area contributed by atoms with Crippen LogP contribution in [0.5, 0.6) is 0 Å². The van der Waals surface area contributed by atoms with Crippen molar-refractivity contribution >= 4 is 5.97 Å². The van der Waals surface area contributed by atoms with Gasteiger partial charge in [0.25, 0.3) is 0 Å². The van der Waals surface area contributed by atoms with Crippen LogP contribution in [0.2, 0.25) is 0 Å². The fourth-order valence-corrected chi connectivity index (χ4v) is 3.43. The van der Waals surface area contributed by atoms with Crippen LogP contribution in [-0.2, 0) is 9.53 Å². The zero-order valence-electron chi connectivity index (χ0n) is 12.9. The first-order valence-corrected chi connectivity index (χ1v) is 7.93. The first-order chi connectivity index (χ1) is 10.2. The van der Waals surface area contributed by atoms with E-state index in [0.29, 0.717) is 23.7 Å². The SMILES string of the molecule is CCOC(=O)C1=CNC(C)=C(C#N)C1C1CCCCCC1. The lowest BCUT2D eigenvalue weighted by molar-refractivity contribution is -0.139. The molecule has 0 amide bonds. The second-order valence-corrected chi connectivity index (χ2v) is 5.84. The molecule has 1 N–H and O–H groups in total. The third-order valence-electron chi connectivity index (χ3n) is 4.50. The minimum absolute atomic E-state index is 0.103. The van der Waals surface area contributed by atoms with Gasteiger partial charge in [0.15, 0.2) is 0 Å². The fourth-order valence-electron chi connectivity index (χ4n) is 3.43. The summed E-state index contributed by atoms with van der Waals surface area (Å²) in [5.74, 6) is -0.0252. The molecule has 1 fully saturated rings. The number of dihydropyridines is 1. The Bertz CT molecular complexity index is 491. The van der Waals surface area contributed by atoms with Gasteiger partial charge in [-0.2, -0.15) is 5.26 Å². The topological polar surface area (TPSA) is 62.1 Å². The van der Waals surface area contributed by atoms with Crippen molar-refractivity contribution in [3.63, 3.8) is 0 Å². The summed E-state index contributed by atoms with van der Waals surface area (Å²) in [6.45, 7) is 4.07. The summed E-state index contributed by atoms with van der Waals surface area (Å²) in [5.41, 5.74) is 2.18. The number of allylic oxidation sites excluding steroid dienone is 2. The van der Waals surface area contributed by atoms with Crippen molar-refractivity contribution in [3.05, 3.63) is 23.0 Å². The maximum absolute atomic E-state index is 12.2. The van der Waals surface area contributed by atoms with E-state index in [2.05, 4.69) is 11.4 Å². The predicted octanol–water partition coefficient (Wildman–Crippen LogP) is 3.42. The van der Waals surface area contributed by atoms with Gasteiger partial charge in [-0.1, -0.05) is 25.7 Å². The molecule has 0 bridgehead atoms. The van der Waals surface area contributed by atoms with Crippen molar-refractivity contribution in [2.24, 2.45) is 11.8 Å². The lowest BCUT2D eigenvalue weighted by Crippen LogP contribution is -2.31. The fraction of sp³-hybridized carbons (Fsp3) is 0.647. The van der Waals surface area contributed by atoms with Gasteiger partial charge in [-0.3, -0.25) is 0 Å². The lowest BCUT2D eigenvalue weighted by Gasteiger charge is -2.31. The van der Waals surface area contributed by atoms with Crippen molar-refractivity contribution in [3.8, 4) is 6.07 Å². The van der Waals surface area contributed by atoms with Gasteiger partial charge in [0.1, 0.15) is 0 Å². The molecule has 2 aliphatic rings. The van der Waals surface area contributed by atoms with E-state index in [9.17, 15) is 10.1 Å². The smallest absolute Gasteiger partial charge is 0.336 e. The van der Waals surface area contributed by atoms with E-state index in [4.69, 9.17) is 4.74 Å². The maximum Gasteiger partial charge on any atom is 0.336 e. The summed E-state index contributed by atoms with van der Waals surface area (Å²) >= 11 is 0. The van der Waals surface area contributed by atoms with E-state index >= 15 is 0 Å². The number of nitrogens with one attached hydrogen (secondary N) is 1. The van der Waals surface area contributed by atoms with Crippen molar-refractivity contribution in [2.75, 3.05) is 6.61 Å². The Labute approximate surface area is 126 Å². The molecule has 0 aromatic carbocycles.